The van der Waals surface area contributed by atoms with E-state index in [4.69, 9.17) is 0 Å². The van der Waals surface area contributed by atoms with Crippen LogP contribution in [0, 0.1) is 5.92 Å². The molecule has 3 aromatic heterocycles. The highest BCUT2D eigenvalue weighted by Crippen LogP contribution is 2.42. The molecule has 3 heterocycles. The number of aromatic nitrogens is 5. The molecule has 0 bridgehead atoms. The van der Waals surface area contributed by atoms with Crippen LogP contribution < -0.4 is 5.56 Å². The van der Waals surface area contributed by atoms with Gasteiger partial charge in [0.2, 0.25) is 0 Å². The van der Waals surface area contributed by atoms with E-state index < -0.39 is 0 Å². The Morgan fingerprint density at radius 3 is 2.67 bits per heavy atom. The first kappa shape index (κ1) is 22.1. The van der Waals surface area contributed by atoms with Crippen LogP contribution in [0.1, 0.15) is 55.2 Å². The number of hydrogen-bond donors (Lipinski definition) is 1. The van der Waals surface area contributed by atoms with Gasteiger partial charge in [0.15, 0.2) is 0 Å². The molecule has 1 N–H and O–H groups in total. The van der Waals surface area contributed by atoms with Gasteiger partial charge in [-0.3, -0.25) is 9.36 Å². The average molecular weight is 509 g/mol. The van der Waals surface area contributed by atoms with Crippen molar-refractivity contribution in [3.05, 3.63) is 74.8 Å². The predicted octanol–water partition coefficient (Wildman–Crippen LogP) is 4.76. The summed E-state index contributed by atoms with van der Waals surface area (Å²) in [6, 6.07) is 10.5. The number of fused-ring (bicyclic) bond motifs is 1. The Hall–Kier alpha value is -2.71. The number of H-pyrrole nitrogens is 1. The zero-order valence-electron chi connectivity index (χ0n) is 19.4. The highest BCUT2D eigenvalue weighted by Gasteiger charge is 2.33. The molecular formula is C25H29BrN6O. The summed E-state index contributed by atoms with van der Waals surface area (Å²) in [4.78, 5) is 19.0. The number of rotatable bonds is 6. The second-order valence-electron chi connectivity index (χ2n) is 9.37. The topological polar surface area (TPSA) is 71.7 Å². The SMILES string of the molecule is C[C@@H](c1cc2c(Br)cn(-c3cccc([C@H](c4nncn4C)C4CCC4)c3)c(=O)c2[nH]1)N(C)C. The summed E-state index contributed by atoms with van der Waals surface area (Å²) in [6.07, 6.45) is 7.27. The maximum atomic E-state index is 13.5. The molecular weight excluding hydrogens is 480 g/mol. The van der Waals surface area contributed by atoms with Crippen LogP contribution in [0.5, 0.6) is 0 Å². The molecule has 1 saturated carbocycles. The fourth-order valence-corrected chi connectivity index (χ4v) is 5.25. The Balaban J connectivity index is 1.61. The van der Waals surface area contributed by atoms with E-state index in [1.165, 1.54) is 24.8 Å². The molecule has 1 fully saturated rings. The van der Waals surface area contributed by atoms with Gasteiger partial charge >= 0.3 is 0 Å². The summed E-state index contributed by atoms with van der Waals surface area (Å²) >= 11 is 3.70. The summed E-state index contributed by atoms with van der Waals surface area (Å²) in [5, 5.41) is 9.46. The van der Waals surface area contributed by atoms with E-state index in [1.54, 1.807) is 10.9 Å². The molecule has 0 saturated heterocycles. The van der Waals surface area contributed by atoms with Gasteiger partial charge in [0, 0.05) is 46.4 Å². The Morgan fingerprint density at radius 1 is 1.24 bits per heavy atom. The van der Waals surface area contributed by atoms with E-state index >= 15 is 0 Å². The van der Waals surface area contributed by atoms with Crippen LogP contribution in [0.25, 0.3) is 16.6 Å². The van der Waals surface area contributed by atoms with Gasteiger partial charge in [-0.2, -0.15) is 0 Å². The molecule has 4 aromatic rings. The van der Waals surface area contributed by atoms with Gasteiger partial charge in [0.1, 0.15) is 17.7 Å². The number of nitrogens with zero attached hydrogens (tertiary/aromatic N) is 5. The molecule has 5 rings (SSSR count). The van der Waals surface area contributed by atoms with E-state index in [-0.39, 0.29) is 17.5 Å². The molecule has 172 valence electrons. The van der Waals surface area contributed by atoms with E-state index in [2.05, 4.69) is 61.1 Å². The molecule has 1 aliphatic rings. The van der Waals surface area contributed by atoms with Crippen LogP contribution >= 0.6 is 15.9 Å². The van der Waals surface area contributed by atoms with E-state index in [0.717, 1.165) is 27.1 Å². The fourth-order valence-electron chi connectivity index (χ4n) is 4.74. The van der Waals surface area contributed by atoms with E-state index in [1.807, 2.05) is 44.0 Å². The number of aryl methyl sites for hydroxylation is 1. The van der Waals surface area contributed by atoms with Crippen molar-refractivity contribution in [1.82, 2.24) is 29.2 Å². The monoisotopic (exact) mass is 508 g/mol. The summed E-state index contributed by atoms with van der Waals surface area (Å²) in [6.45, 7) is 2.12. The van der Waals surface area contributed by atoms with E-state index in [0.29, 0.717) is 11.4 Å². The molecule has 8 heteroatoms. The highest BCUT2D eigenvalue weighted by molar-refractivity contribution is 9.10. The van der Waals surface area contributed by atoms with Crippen molar-refractivity contribution in [2.24, 2.45) is 13.0 Å². The van der Waals surface area contributed by atoms with Crippen LogP contribution in [0.15, 0.2) is 52.1 Å². The lowest BCUT2D eigenvalue weighted by Gasteiger charge is -2.33. The first-order chi connectivity index (χ1) is 15.8. The predicted molar refractivity (Wildman–Crippen MR) is 134 cm³/mol. The van der Waals surface area contributed by atoms with Crippen LogP contribution in [0.3, 0.4) is 0 Å². The first-order valence-corrected chi connectivity index (χ1v) is 12.2. The number of pyridine rings is 1. The van der Waals surface area contributed by atoms with Crippen molar-refractivity contribution in [2.75, 3.05) is 14.1 Å². The number of aromatic amines is 1. The summed E-state index contributed by atoms with van der Waals surface area (Å²) in [5.41, 5.74) is 3.60. The first-order valence-electron chi connectivity index (χ1n) is 11.4. The molecule has 0 radical (unpaired) electrons. The van der Waals surface area contributed by atoms with Gasteiger partial charge in [-0.25, -0.2) is 0 Å². The third-order valence-electron chi connectivity index (χ3n) is 7.15. The number of nitrogens with one attached hydrogen (secondary N) is 1. The van der Waals surface area contributed by atoms with Gasteiger partial charge in [0.05, 0.1) is 0 Å². The van der Waals surface area contributed by atoms with Crippen LogP contribution in [0.2, 0.25) is 0 Å². The van der Waals surface area contributed by atoms with Gasteiger partial charge in [-0.1, -0.05) is 18.6 Å². The Morgan fingerprint density at radius 2 is 2.03 bits per heavy atom. The quantitative estimate of drug-likeness (QED) is 0.407. The van der Waals surface area contributed by atoms with Crippen molar-refractivity contribution in [3.8, 4) is 5.69 Å². The molecule has 0 aliphatic heterocycles. The fraction of sp³-hybridized carbons (Fsp3) is 0.400. The lowest BCUT2D eigenvalue weighted by Crippen LogP contribution is -2.24. The third kappa shape index (κ3) is 3.85. The summed E-state index contributed by atoms with van der Waals surface area (Å²) < 4.78 is 4.63. The third-order valence-corrected chi connectivity index (χ3v) is 7.78. The lowest BCUT2D eigenvalue weighted by atomic mass is 9.72. The van der Waals surface area contributed by atoms with E-state index in [9.17, 15) is 4.79 Å². The van der Waals surface area contributed by atoms with Gasteiger partial charge in [-0.15, -0.1) is 10.2 Å². The molecule has 0 amide bonds. The zero-order chi connectivity index (χ0) is 23.3. The average Bonchev–Trinajstić information content (AvgIpc) is 3.39. The Kier molecular flexibility index (Phi) is 5.74. The molecule has 1 aliphatic carbocycles. The highest BCUT2D eigenvalue weighted by atomic mass is 79.9. The normalized spacial score (nSPS) is 16.3. The molecule has 0 spiro atoms. The zero-order valence-corrected chi connectivity index (χ0v) is 21.0. The number of benzene rings is 1. The summed E-state index contributed by atoms with van der Waals surface area (Å²) in [5.74, 6) is 1.70. The number of halogens is 1. The largest absolute Gasteiger partial charge is 0.353 e. The maximum Gasteiger partial charge on any atom is 0.279 e. The second kappa shape index (κ2) is 8.57. The van der Waals surface area contributed by atoms with Crippen LogP contribution in [0.4, 0.5) is 0 Å². The number of hydrogen-bond acceptors (Lipinski definition) is 4. The van der Waals surface area contributed by atoms with Crippen molar-refractivity contribution >= 4 is 26.8 Å². The Labute approximate surface area is 201 Å². The van der Waals surface area contributed by atoms with Crippen molar-refractivity contribution in [1.29, 1.82) is 0 Å². The van der Waals surface area contributed by atoms with Crippen molar-refractivity contribution in [2.45, 2.75) is 38.1 Å². The van der Waals surface area contributed by atoms with Gasteiger partial charge in [0.25, 0.3) is 5.56 Å². The molecule has 2 atom stereocenters. The minimum absolute atomic E-state index is 0.0543. The van der Waals surface area contributed by atoms with Crippen molar-refractivity contribution < 1.29 is 0 Å². The van der Waals surface area contributed by atoms with Crippen molar-refractivity contribution in [3.63, 3.8) is 0 Å². The molecule has 7 nitrogen and oxygen atoms in total. The Bertz CT molecular complexity index is 1360. The smallest absolute Gasteiger partial charge is 0.279 e. The molecule has 1 aromatic carbocycles. The van der Waals surface area contributed by atoms with Crippen LogP contribution in [-0.4, -0.2) is 43.3 Å². The molecule has 33 heavy (non-hydrogen) atoms. The van der Waals surface area contributed by atoms with Gasteiger partial charge < -0.3 is 14.5 Å². The minimum Gasteiger partial charge on any atom is -0.353 e. The van der Waals surface area contributed by atoms with Crippen LogP contribution in [-0.2, 0) is 7.05 Å². The second-order valence-corrected chi connectivity index (χ2v) is 10.2. The lowest BCUT2D eigenvalue weighted by molar-refractivity contribution is 0.274. The maximum absolute atomic E-state index is 13.5. The summed E-state index contributed by atoms with van der Waals surface area (Å²) in [7, 11) is 6.06. The van der Waals surface area contributed by atoms with Gasteiger partial charge in [-0.05, 0) is 79.5 Å². The molecule has 0 unspecified atom stereocenters. The minimum atomic E-state index is -0.0543. The standard InChI is InChI=1S/C25H29BrN6O/c1-15(30(2)3)21-12-19-20(26)13-32(25(33)23(19)28-21)18-10-6-9-17(11-18)22(16-7-5-8-16)24-29-27-14-31(24)4/h6,9-16,22,28H,5,7-8H2,1-4H3/t15-,22+/m0/s1.